The zero-order valence-electron chi connectivity index (χ0n) is 13.4. The number of hydrogen-bond acceptors (Lipinski definition) is 3. The summed E-state index contributed by atoms with van der Waals surface area (Å²) in [7, 11) is 0. The standard InChI is InChI=1S/C17H21F2N3O/c1-11-15(9-20-14-4-3-7-23-10-14)12(2)22(21-11)17-6-5-13(18)8-16(17)19/h5-6,8,14,20H,3-4,7,9-10H2,1-2H3. The molecule has 2 heterocycles. The Hall–Kier alpha value is -1.79. The number of nitrogens with zero attached hydrogens (tertiary/aromatic N) is 2. The van der Waals surface area contributed by atoms with Gasteiger partial charge in [0.15, 0.2) is 5.82 Å². The minimum Gasteiger partial charge on any atom is -0.380 e. The Morgan fingerprint density at radius 1 is 1.35 bits per heavy atom. The van der Waals surface area contributed by atoms with Crippen LogP contribution in [0.15, 0.2) is 18.2 Å². The number of aromatic nitrogens is 2. The Kier molecular flexibility index (Phi) is 4.73. The van der Waals surface area contributed by atoms with Crippen molar-refractivity contribution >= 4 is 0 Å². The lowest BCUT2D eigenvalue weighted by atomic mass is 10.1. The van der Waals surface area contributed by atoms with Crippen LogP contribution in [0.25, 0.3) is 5.69 Å². The zero-order valence-corrected chi connectivity index (χ0v) is 13.4. The Balaban J connectivity index is 1.81. The number of aryl methyl sites for hydroxylation is 1. The third kappa shape index (κ3) is 3.43. The molecule has 23 heavy (non-hydrogen) atoms. The first-order valence-corrected chi connectivity index (χ1v) is 7.88. The molecule has 0 spiro atoms. The number of hydrogen-bond donors (Lipinski definition) is 1. The van der Waals surface area contributed by atoms with Crippen molar-refractivity contribution in [2.45, 2.75) is 39.3 Å². The van der Waals surface area contributed by atoms with Gasteiger partial charge in [-0.05, 0) is 38.8 Å². The van der Waals surface area contributed by atoms with E-state index >= 15 is 0 Å². The van der Waals surface area contributed by atoms with E-state index in [-0.39, 0.29) is 5.69 Å². The number of halogens is 2. The Morgan fingerprint density at radius 3 is 2.87 bits per heavy atom. The Bertz CT molecular complexity index is 693. The number of benzene rings is 1. The van der Waals surface area contributed by atoms with E-state index < -0.39 is 11.6 Å². The van der Waals surface area contributed by atoms with Crippen molar-refractivity contribution < 1.29 is 13.5 Å². The fourth-order valence-electron chi connectivity index (χ4n) is 2.97. The normalized spacial score (nSPS) is 18.3. The first-order valence-electron chi connectivity index (χ1n) is 7.88. The first kappa shape index (κ1) is 16.1. The van der Waals surface area contributed by atoms with Crippen LogP contribution in [0.4, 0.5) is 8.78 Å². The molecular weight excluding hydrogens is 300 g/mol. The van der Waals surface area contributed by atoms with Crippen LogP contribution >= 0.6 is 0 Å². The molecule has 1 aromatic carbocycles. The van der Waals surface area contributed by atoms with Gasteiger partial charge < -0.3 is 10.1 Å². The van der Waals surface area contributed by atoms with E-state index in [9.17, 15) is 8.78 Å². The maximum absolute atomic E-state index is 14.0. The topological polar surface area (TPSA) is 39.1 Å². The van der Waals surface area contributed by atoms with E-state index in [1.807, 2.05) is 13.8 Å². The van der Waals surface area contributed by atoms with Gasteiger partial charge in [-0.15, -0.1) is 0 Å². The fraction of sp³-hybridized carbons (Fsp3) is 0.471. The van der Waals surface area contributed by atoms with Crippen LogP contribution in [-0.2, 0) is 11.3 Å². The largest absolute Gasteiger partial charge is 0.380 e. The van der Waals surface area contributed by atoms with Gasteiger partial charge in [0.05, 0.1) is 12.3 Å². The van der Waals surface area contributed by atoms with Crippen molar-refractivity contribution in [3.05, 3.63) is 46.8 Å². The summed E-state index contributed by atoms with van der Waals surface area (Å²) in [6.07, 6.45) is 2.16. The summed E-state index contributed by atoms with van der Waals surface area (Å²) in [5.41, 5.74) is 3.01. The molecule has 0 bridgehead atoms. The number of ether oxygens (including phenoxy) is 1. The lowest BCUT2D eigenvalue weighted by molar-refractivity contribution is 0.0699. The highest BCUT2D eigenvalue weighted by atomic mass is 19.1. The minimum absolute atomic E-state index is 0.263. The molecule has 4 nitrogen and oxygen atoms in total. The summed E-state index contributed by atoms with van der Waals surface area (Å²) in [4.78, 5) is 0. The molecule has 1 fully saturated rings. The molecular formula is C17H21F2N3O. The molecule has 6 heteroatoms. The molecule has 3 rings (SSSR count). The zero-order chi connectivity index (χ0) is 16.4. The SMILES string of the molecule is Cc1nn(-c2ccc(F)cc2F)c(C)c1CNC1CCCOC1. The highest BCUT2D eigenvalue weighted by Gasteiger charge is 2.18. The lowest BCUT2D eigenvalue weighted by Gasteiger charge is -2.23. The smallest absolute Gasteiger partial charge is 0.151 e. The predicted octanol–water partition coefficient (Wildman–Crippen LogP) is 3.04. The van der Waals surface area contributed by atoms with Gasteiger partial charge in [0.25, 0.3) is 0 Å². The molecule has 1 aromatic heterocycles. The molecule has 1 aliphatic heterocycles. The Morgan fingerprint density at radius 2 is 2.17 bits per heavy atom. The average Bonchev–Trinajstić information content (AvgIpc) is 2.81. The molecule has 1 saturated heterocycles. The number of nitrogens with one attached hydrogen (secondary N) is 1. The van der Waals surface area contributed by atoms with Gasteiger partial charge in [0, 0.05) is 36.5 Å². The third-order valence-electron chi connectivity index (χ3n) is 4.31. The summed E-state index contributed by atoms with van der Waals surface area (Å²) in [6.45, 7) is 6.02. The van der Waals surface area contributed by atoms with E-state index in [0.29, 0.717) is 12.6 Å². The second-order valence-corrected chi connectivity index (χ2v) is 5.95. The molecule has 124 valence electrons. The maximum Gasteiger partial charge on any atom is 0.151 e. The summed E-state index contributed by atoms with van der Waals surface area (Å²) in [5.74, 6) is -1.21. The van der Waals surface area contributed by atoms with E-state index in [1.54, 1.807) is 4.68 Å². The van der Waals surface area contributed by atoms with Crippen LogP contribution in [0.1, 0.15) is 29.8 Å². The molecule has 1 atom stereocenters. The van der Waals surface area contributed by atoms with Crippen LogP contribution in [0.2, 0.25) is 0 Å². The van der Waals surface area contributed by atoms with Gasteiger partial charge in [-0.25, -0.2) is 13.5 Å². The van der Waals surface area contributed by atoms with Gasteiger partial charge in [0.2, 0.25) is 0 Å². The van der Waals surface area contributed by atoms with Crippen molar-refractivity contribution in [3.63, 3.8) is 0 Å². The molecule has 1 N–H and O–H groups in total. The molecule has 2 aromatic rings. The molecule has 0 radical (unpaired) electrons. The van der Waals surface area contributed by atoms with Crippen LogP contribution in [0, 0.1) is 25.5 Å². The van der Waals surface area contributed by atoms with Crippen LogP contribution in [0.5, 0.6) is 0 Å². The molecule has 0 amide bonds. The van der Waals surface area contributed by atoms with Crippen LogP contribution in [-0.4, -0.2) is 29.0 Å². The summed E-state index contributed by atoms with van der Waals surface area (Å²) >= 11 is 0. The number of rotatable bonds is 4. The van der Waals surface area contributed by atoms with Gasteiger partial charge in [-0.3, -0.25) is 0 Å². The van der Waals surface area contributed by atoms with E-state index in [0.717, 1.165) is 49.1 Å². The van der Waals surface area contributed by atoms with Gasteiger partial charge in [0.1, 0.15) is 11.5 Å². The van der Waals surface area contributed by atoms with Crippen LogP contribution < -0.4 is 5.32 Å². The van der Waals surface area contributed by atoms with Crippen molar-refractivity contribution in [1.82, 2.24) is 15.1 Å². The minimum atomic E-state index is -0.615. The summed E-state index contributed by atoms with van der Waals surface area (Å²) in [5, 5.41) is 7.89. The van der Waals surface area contributed by atoms with E-state index in [1.165, 1.54) is 12.1 Å². The lowest BCUT2D eigenvalue weighted by Crippen LogP contribution is -2.36. The quantitative estimate of drug-likeness (QED) is 0.941. The fourth-order valence-corrected chi connectivity index (χ4v) is 2.97. The van der Waals surface area contributed by atoms with Gasteiger partial charge >= 0.3 is 0 Å². The second-order valence-electron chi connectivity index (χ2n) is 5.95. The average molecular weight is 321 g/mol. The molecule has 1 aliphatic rings. The van der Waals surface area contributed by atoms with Crippen molar-refractivity contribution in [2.75, 3.05) is 13.2 Å². The monoisotopic (exact) mass is 321 g/mol. The van der Waals surface area contributed by atoms with Gasteiger partial charge in [-0.1, -0.05) is 0 Å². The van der Waals surface area contributed by atoms with Gasteiger partial charge in [-0.2, -0.15) is 5.10 Å². The molecule has 0 aliphatic carbocycles. The molecule has 1 unspecified atom stereocenters. The van der Waals surface area contributed by atoms with Crippen molar-refractivity contribution in [3.8, 4) is 5.69 Å². The second kappa shape index (κ2) is 6.76. The van der Waals surface area contributed by atoms with Crippen molar-refractivity contribution in [1.29, 1.82) is 0 Å². The predicted molar refractivity (Wildman–Crippen MR) is 83.6 cm³/mol. The van der Waals surface area contributed by atoms with Crippen molar-refractivity contribution in [2.24, 2.45) is 0 Å². The highest BCUT2D eigenvalue weighted by molar-refractivity contribution is 5.38. The van der Waals surface area contributed by atoms with E-state index in [2.05, 4.69) is 10.4 Å². The van der Waals surface area contributed by atoms with E-state index in [4.69, 9.17) is 4.74 Å². The summed E-state index contributed by atoms with van der Waals surface area (Å²) in [6, 6.07) is 3.87. The molecule has 0 saturated carbocycles. The first-order chi connectivity index (χ1) is 11.1. The Labute approximate surface area is 134 Å². The van der Waals surface area contributed by atoms with Crippen LogP contribution in [0.3, 0.4) is 0 Å². The maximum atomic E-state index is 14.0. The summed E-state index contributed by atoms with van der Waals surface area (Å²) < 4.78 is 34.1. The third-order valence-corrected chi connectivity index (χ3v) is 4.31. The highest BCUT2D eigenvalue weighted by Crippen LogP contribution is 2.21.